The second-order valence-corrected chi connectivity index (χ2v) is 6.04. The monoisotopic (exact) mass is 441 g/mol. The van der Waals surface area contributed by atoms with Gasteiger partial charge in [-0.05, 0) is 22.9 Å². The fraction of sp³-hybridized carbons (Fsp3) is 0.267. The molecule has 0 amide bonds. The molecule has 0 spiro atoms. The first-order valence-electron chi connectivity index (χ1n) is 6.04. The minimum atomic E-state index is -0.0686. The van der Waals surface area contributed by atoms with Crippen LogP contribution in [0.3, 0.4) is 0 Å². The Morgan fingerprint density at radius 3 is 2.76 bits per heavy atom. The van der Waals surface area contributed by atoms with Crippen LogP contribution >= 0.6 is 27.7 Å². The van der Waals surface area contributed by atoms with Gasteiger partial charge >= 0.3 is 0 Å². The molecule has 0 atom stereocenters. The maximum Gasteiger partial charge on any atom is 0.208 e. The molecule has 2 aromatic rings. The molecule has 0 aliphatic rings. The van der Waals surface area contributed by atoms with Gasteiger partial charge in [-0.25, -0.2) is 0 Å². The summed E-state index contributed by atoms with van der Waals surface area (Å²) in [7, 11) is 1.75. The predicted molar refractivity (Wildman–Crippen MR) is 87.4 cm³/mol. The molecule has 0 saturated heterocycles. The van der Waals surface area contributed by atoms with E-state index in [9.17, 15) is 4.79 Å². The van der Waals surface area contributed by atoms with Crippen LogP contribution in [-0.4, -0.2) is 16.8 Å². The molecule has 1 aromatic heterocycles. The summed E-state index contributed by atoms with van der Waals surface area (Å²) < 4.78 is 7.68. The fourth-order valence-electron chi connectivity index (χ4n) is 1.93. The molecular formula is C15H15BrNO2SY-. The Bertz CT molecular complexity index is 688. The fourth-order valence-corrected chi connectivity index (χ4v) is 2.56. The zero-order valence-corrected chi connectivity index (χ0v) is 17.4. The van der Waals surface area contributed by atoms with E-state index >= 15 is 0 Å². The molecule has 2 rings (SSSR count). The van der Waals surface area contributed by atoms with Gasteiger partial charge in [0, 0.05) is 39.8 Å². The maximum atomic E-state index is 12.0. The van der Waals surface area contributed by atoms with Crippen molar-refractivity contribution in [2.45, 2.75) is 6.92 Å². The number of halogens is 1. The van der Waals surface area contributed by atoms with Crippen molar-refractivity contribution in [3.63, 3.8) is 0 Å². The van der Waals surface area contributed by atoms with Crippen LogP contribution in [0, 0.1) is 13.0 Å². The maximum absolute atomic E-state index is 12.0. The number of hydrogen-bond donors (Lipinski definition) is 0. The van der Waals surface area contributed by atoms with Crippen LogP contribution in [0.4, 0.5) is 0 Å². The molecule has 1 radical (unpaired) electrons. The molecule has 1 aromatic carbocycles. The van der Waals surface area contributed by atoms with Gasteiger partial charge < -0.3 is 9.30 Å². The van der Waals surface area contributed by atoms with E-state index in [0.29, 0.717) is 10.4 Å². The Morgan fingerprint density at radius 2 is 2.14 bits per heavy atom. The molecule has 0 saturated carbocycles. The number of thioether (sulfide) groups is 1. The van der Waals surface area contributed by atoms with Crippen molar-refractivity contribution >= 4 is 27.7 Å². The van der Waals surface area contributed by atoms with Gasteiger partial charge in [-0.2, -0.15) is 12.1 Å². The molecule has 3 nitrogen and oxygen atoms in total. The van der Waals surface area contributed by atoms with E-state index in [4.69, 9.17) is 4.74 Å². The number of hydrogen-bond acceptors (Lipinski definition) is 3. The summed E-state index contributed by atoms with van der Waals surface area (Å²) in [6.07, 6.45) is 1.99. The number of pyridine rings is 1. The van der Waals surface area contributed by atoms with E-state index < -0.39 is 0 Å². The van der Waals surface area contributed by atoms with Crippen molar-refractivity contribution in [1.82, 2.24) is 4.57 Å². The third-order valence-electron chi connectivity index (χ3n) is 2.98. The van der Waals surface area contributed by atoms with Crippen LogP contribution in [0.2, 0.25) is 0 Å². The smallest absolute Gasteiger partial charge is 0.208 e. The molecular weight excluding hydrogens is 427 g/mol. The molecule has 6 heteroatoms. The number of nitrogens with zero attached hydrogens (tertiary/aromatic N) is 1. The van der Waals surface area contributed by atoms with E-state index in [1.165, 1.54) is 0 Å². The first-order valence-corrected chi connectivity index (χ1v) is 8.23. The first kappa shape index (κ1) is 19.0. The number of benzene rings is 1. The Kier molecular flexibility index (Phi) is 7.68. The van der Waals surface area contributed by atoms with Gasteiger partial charge in [-0.15, -0.1) is 33.8 Å². The number of rotatable bonds is 4. The molecule has 0 unspecified atom stereocenters. The SMILES string of the molecule is CSCOc1ccc(-c2[c-]cc(Br)c(=O)n2C)c(C)c1.[Y]. The molecule has 1 heterocycles. The van der Waals surface area contributed by atoms with Crippen molar-refractivity contribution in [1.29, 1.82) is 0 Å². The van der Waals surface area contributed by atoms with E-state index in [0.717, 1.165) is 22.6 Å². The van der Waals surface area contributed by atoms with Crippen molar-refractivity contribution in [3.05, 3.63) is 50.7 Å². The molecule has 0 aliphatic carbocycles. The molecule has 0 N–H and O–H groups in total. The topological polar surface area (TPSA) is 31.2 Å². The summed E-state index contributed by atoms with van der Waals surface area (Å²) >= 11 is 4.85. The Morgan fingerprint density at radius 1 is 1.43 bits per heavy atom. The third-order valence-corrected chi connectivity index (χ3v) is 3.90. The van der Waals surface area contributed by atoms with Crippen LogP contribution in [0.25, 0.3) is 11.3 Å². The van der Waals surface area contributed by atoms with Crippen LogP contribution < -0.4 is 10.3 Å². The van der Waals surface area contributed by atoms with Crippen molar-refractivity contribution in [2.24, 2.45) is 7.05 Å². The van der Waals surface area contributed by atoms with Crippen molar-refractivity contribution < 1.29 is 37.4 Å². The van der Waals surface area contributed by atoms with Crippen LogP contribution in [-0.2, 0) is 39.8 Å². The molecule has 0 fully saturated rings. The van der Waals surface area contributed by atoms with Gasteiger partial charge in [0.05, 0.1) is 0 Å². The molecule has 0 bridgehead atoms. The van der Waals surface area contributed by atoms with Gasteiger partial charge in [0.25, 0.3) is 0 Å². The number of aryl methyl sites for hydroxylation is 1. The average Bonchev–Trinajstić information content (AvgIpc) is 2.44. The van der Waals surface area contributed by atoms with E-state index in [2.05, 4.69) is 22.0 Å². The Labute approximate surface area is 162 Å². The second-order valence-electron chi connectivity index (χ2n) is 4.38. The Hall–Kier alpha value is -0.0961. The minimum absolute atomic E-state index is 0. The van der Waals surface area contributed by atoms with Crippen molar-refractivity contribution in [3.8, 4) is 17.0 Å². The van der Waals surface area contributed by atoms with Gasteiger partial charge in [0.15, 0.2) is 0 Å². The van der Waals surface area contributed by atoms with E-state index in [1.807, 2.05) is 31.4 Å². The standard InChI is InChI=1S/C15H15BrNO2S.Y/c1-10-8-11(19-9-20-3)4-5-12(10)14-7-6-13(16)15(18)17(14)2;/h4-6,8H,9H2,1-3H3;/q-1;. The van der Waals surface area contributed by atoms with Gasteiger partial charge in [-0.3, -0.25) is 4.79 Å². The number of ether oxygens (including phenoxy) is 1. The predicted octanol–water partition coefficient (Wildman–Crippen LogP) is 3.62. The third kappa shape index (κ3) is 4.44. The molecule has 0 aliphatic heterocycles. The van der Waals surface area contributed by atoms with Gasteiger partial charge in [-0.1, -0.05) is 23.7 Å². The quantitative estimate of drug-likeness (QED) is 0.536. The van der Waals surface area contributed by atoms with E-state index in [1.54, 1.807) is 29.4 Å². The summed E-state index contributed by atoms with van der Waals surface area (Å²) in [5.74, 6) is 1.46. The second kappa shape index (κ2) is 8.51. The zero-order chi connectivity index (χ0) is 14.7. The van der Waals surface area contributed by atoms with Gasteiger partial charge in [0.1, 0.15) is 11.7 Å². The summed E-state index contributed by atoms with van der Waals surface area (Å²) in [4.78, 5) is 12.0. The summed E-state index contributed by atoms with van der Waals surface area (Å²) in [5.41, 5.74) is 2.73. The van der Waals surface area contributed by atoms with Crippen LogP contribution in [0.15, 0.2) is 33.5 Å². The Balaban J connectivity index is 0.00000220. The largest absolute Gasteiger partial charge is 0.483 e. The summed E-state index contributed by atoms with van der Waals surface area (Å²) in [6.45, 7) is 2.00. The summed E-state index contributed by atoms with van der Waals surface area (Å²) in [6, 6.07) is 10.7. The van der Waals surface area contributed by atoms with Gasteiger partial charge in [0.2, 0.25) is 5.56 Å². The minimum Gasteiger partial charge on any atom is -0.483 e. The first-order chi connectivity index (χ1) is 9.54. The molecule has 109 valence electrons. The van der Waals surface area contributed by atoms with Crippen LogP contribution in [0.5, 0.6) is 5.75 Å². The van der Waals surface area contributed by atoms with Crippen molar-refractivity contribution in [2.75, 3.05) is 12.2 Å². The van der Waals surface area contributed by atoms with Crippen LogP contribution in [0.1, 0.15) is 5.56 Å². The average molecular weight is 442 g/mol. The van der Waals surface area contributed by atoms with E-state index in [-0.39, 0.29) is 38.3 Å². The summed E-state index contributed by atoms with van der Waals surface area (Å²) in [5, 5.41) is 0. The zero-order valence-electron chi connectivity index (χ0n) is 12.1. The molecule has 21 heavy (non-hydrogen) atoms. The number of aromatic nitrogens is 1. The normalized spacial score (nSPS) is 10.1.